The summed E-state index contributed by atoms with van der Waals surface area (Å²) in [7, 11) is 0. The number of hydrogen-bond acceptors (Lipinski definition) is 4. The first-order valence-electron chi connectivity index (χ1n) is 7.34. The predicted molar refractivity (Wildman–Crippen MR) is 89.8 cm³/mol. The van der Waals surface area contributed by atoms with Crippen LogP contribution < -0.4 is 4.90 Å². The molecule has 0 unspecified atom stereocenters. The molecule has 0 bridgehead atoms. The second kappa shape index (κ2) is 6.30. The number of para-hydroxylation sites is 1. The van der Waals surface area contributed by atoms with Gasteiger partial charge in [0.1, 0.15) is 0 Å². The van der Waals surface area contributed by atoms with E-state index in [1.165, 1.54) is 11.1 Å². The van der Waals surface area contributed by atoms with E-state index in [2.05, 4.69) is 48.9 Å². The molecule has 1 aliphatic rings. The molecule has 0 saturated carbocycles. The van der Waals surface area contributed by atoms with Crippen molar-refractivity contribution in [3.63, 3.8) is 0 Å². The normalized spacial score (nSPS) is 18.1. The van der Waals surface area contributed by atoms with Crippen molar-refractivity contribution in [1.82, 2.24) is 9.88 Å². The van der Waals surface area contributed by atoms with Crippen LogP contribution >= 0.6 is 15.9 Å². The van der Waals surface area contributed by atoms with Gasteiger partial charge in [0, 0.05) is 54.5 Å². The Morgan fingerprint density at radius 2 is 2.00 bits per heavy atom. The lowest BCUT2D eigenvalue weighted by molar-refractivity contribution is 0.123. The Labute approximate surface area is 133 Å². The number of rotatable bonds is 3. The van der Waals surface area contributed by atoms with Crippen LogP contribution in [0.5, 0.6) is 0 Å². The Morgan fingerprint density at radius 1 is 1.24 bits per heavy atom. The molecule has 2 heterocycles. The number of aliphatic hydroxyl groups is 1. The molecular weight excluding hydrogens is 330 g/mol. The van der Waals surface area contributed by atoms with Crippen LogP contribution in [0.4, 0.5) is 5.69 Å². The summed E-state index contributed by atoms with van der Waals surface area (Å²) < 4.78 is 1.04. The SMILES string of the molecule is C[C@@H](O)CN1CCN(c2ccnc3c(Br)cccc23)CC1. The zero-order chi connectivity index (χ0) is 14.8. The minimum absolute atomic E-state index is 0.255. The highest BCUT2D eigenvalue weighted by Gasteiger charge is 2.19. The lowest BCUT2D eigenvalue weighted by atomic mass is 10.1. The molecule has 3 rings (SSSR count). The van der Waals surface area contributed by atoms with E-state index in [-0.39, 0.29) is 6.10 Å². The van der Waals surface area contributed by atoms with Gasteiger partial charge in [0.25, 0.3) is 0 Å². The van der Waals surface area contributed by atoms with Crippen molar-refractivity contribution in [1.29, 1.82) is 0 Å². The highest BCUT2D eigenvalue weighted by atomic mass is 79.9. The quantitative estimate of drug-likeness (QED) is 0.923. The average molecular weight is 350 g/mol. The van der Waals surface area contributed by atoms with E-state index >= 15 is 0 Å². The standard InChI is InChI=1S/C16H20BrN3O/c1-12(21)11-19-7-9-20(10-8-19)15-5-6-18-16-13(15)3-2-4-14(16)17/h2-6,12,21H,7-11H2,1H3/t12-/m1/s1. The van der Waals surface area contributed by atoms with E-state index in [0.717, 1.165) is 42.7 Å². The number of aliphatic hydroxyl groups excluding tert-OH is 1. The molecular formula is C16H20BrN3O. The number of β-amino-alcohol motifs (C(OH)–C–C–N with tert-alkyl or cyclic N) is 1. The summed E-state index contributed by atoms with van der Waals surface area (Å²) in [6, 6.07) is 8.31. The molecule has 1 aliphatic heterocycles. The number of nitrogens with zero attached hydrogens (tertiary/aromatic N) is 3. The van der Waals surface area contributed by atoms with Gasteiger partial charge in [-0.25, -0.2) is 0 Å². The van der Waals surface area contributed by atoms with Crippen LogP contribution in [0.2, 0.25) is 0 Å². The lowest BCUT2D eigenvalue weighted by Crippen LogP contribution is -2.48. The van der Waals surface area contributed by atoms with E-state index in [1.807, 2.05) is 19.2 Å². The molecule has 1 fully saturated rings. The van der Waals surface area contributed by atoms with Crippen molar-refractivity contribution >= 4 is 32.5 Å². The van der Waals surface area contributed by atoms with Gasteiger partial charge in [-0.15, -0.1) is 0 Å². The Hall–Kier alpha value is -1.17. The molecule has 0 amide bonds. The smallest absolute Gasteiger partial charge is 0.0864 e. The topological polar surface area (TPSA) is 39.6 Å². The number of benzene rings is 1. The molecule has 0 aliphatic carbocycles. The van der Waals surface area contributed by atoms with Crippen molar-refractivity contribution in [3.8, 4) is 0 Å². The van der Waals surface area contributed by atoms with Gasteiger partial charge in [-0.3, -0.25) is 9.88 Å². The van der Waals surface area contributed by atoms with Crippen molar-refractivity contribution in [2.45, 2.75) is 13.0 Å². The van der Waals surface area contributed by atoms with Crippen molar-refractivity contribution in [2.24, 2.45) is 0 Å². The molecule has 112 valence electrons. The van der Waals surface area contributed by atoms with Gasteiger partial charge in [0.05, 0.1) is 11.6 Å². The van der Waals surface area contributed by atoms with E-state index in [1.54, 1.807) is 0 Å². The first kappa shape index (κ1) is 14.8. The summed E-state index contributed by atoms with van der Waals surface area (Å²) in [5.74, 6) is 0. The summed E-state index contributed by atoms with van der Waals surface area (Å²) in [6.07, 6.45) is 1.62. The van der Waals surface area contributed by atoms with Crippen LogP contribution in [0.15, 0.2) is 34.9 Å². The van der Waals surface area contributed by atoms with Gasteiger partial charge in [0.15, 0.2) is 0 Å². The first-order chi connectivity index (χ1) is 10.1. The Kier molecular flexibility index (Phi) is 4.42. The minimum atomic E-state index is -0.255. The van der Waals surface area contributed by atoms with Crippen molar-refractivity contribution in [3.05, 3.63) is 34.9 Å². The zero-order valence-corrected chi connectivity index (χ0v) is 13.8. The molecule has 4 nitrogen and oxygen atoms in total. The Bertz CT molecular complexity index is 624. The largest absolute Gasteiger partial charge is 0.392 e. The fraction of sp³-hybridized carbons (Fsp3) is 0.438. The second-order valence-corrected chi connectivity index (χ2v) is 6.46. The molecule has 1 aromatic heterocycles. The van der Waals surface area contributed by atoms with Crippen LogP contribution in [-0.2, 0) is 0 Å². The summed E-state index contributed by atoms with van der Waals surface area (Å²) >= 11 is 3.57. The summed E-state index contributed by atoms with van der Waals surface area (Å²) in [4.78, 5) is 9.21. The Morgan fingerprint density at radius 3 is 2.71 bits per heavy atom. The minimum Gasteiger partial charge on any atom is -0.392 e. The van der Waals surface area contributed by atoms with Gasteiger partial charge < -0.3 is 10.0 Å². The average Bonchev–Trinajstić information content (AvgIpc) is 2.48. The summed E-state index contributed by atoms with van der Waals surface area (Å²) in [6.45, 7) is 6.55. The Balaban J connectivity index is 1.81. The third kappa shape index (κ3) is 3.20. The number of halogens is 1. The number of hydrogen-bond donors (Lipinski definition) is 1. The molecule has 1 atom stereocenters. The highest BCUT2D eigenvalue weighted by molar-refractivity contribution is 9.10. The molecule has 5 heteroatoms. The molecule has 0 radical (unpaired) electrons. The van der Waals surface area contributed by atoms with Gasteiger partial charge in [-0.05, 0) is 35.0 Å². The maximum atomic E-state index is 9.49. The third-order valence-corrected chi connectivity index (χ3v) is 4.57. The number of pyridine rings is 1. The molecule has 1 N–H and O–H groups in total. The van der Waals surface area contributed by atoms with Gasteiger partial charge in [-0.1, -0.05) is 12.1 Å². The maximum Gasteiger partial charge on any atom is 0.0864 e. The molecule has 2 aromatic rings. The van der Waals surface area contributed by atoms with Gasteiger partial charge >= 0.3 is 0 Å². The first-order valence-corrected chi connectivity index (χ1v) is 8.13. The molecule has 1 aromatic carbocycles. The fourth-order valence-electron chi connectivity index (χ4n) is 2.95. The van der Waals surface area contributed by atoms with Gasteiger partial charge in [-0.2, -0.15) is 0 Å². The maximum absolute atomic E-state index is 9.49. The van der Waals surface area contributed by atoms with Crippen molar-refractivity contribution < 1.29 is 5.11 Å². The molecule has 21 heavy (non-hydrogen) atoms. The van der Waals surface area contributed by atoms with E-state index in [9.17, 15) is 5.11 Å². The predicted octanol–water partition coefficient (Wildman–Crippen LogP) is 2.50. The monoisotopic (exact) mass is 349 g/mol. The summed E-state index contributed by atoms with van der Waals surface area (Å²) in [5, 5.41) is 10.7. The van der Waals surface area contributed by atoms with E-state index in [0.29, 0.717) is 0 Å². The van der Waals surface area contributed by atoms with Crippen LogP contribution in [0.25, 0.3) is 10.9 Å². The van der Waals surface area contributed by atoms with E-state index < -0.39 is 0 Å². The number of anilines is 1. The van der Waals surface area contributed by atoms with Crippen LogP contribution in [0.3, 0.4) is 0 Å². The van der Waals surface area contributed by atoms with Crippen LogP contribution in [-0.4, -0.2) is 53.8 Å². The van der Waals surface area contributed by atoms with Crippen LogP contribution in [0, 0.1) is 0 Å². The zero-order valence-electron chi connectivity index (χ0n) is 12.2. The highest BCUT2D eigenvalue weighted by Crippen LogP contribution is 2.30. The van der Waals surface area contributed by atoms with Gasteiger partial charge in [0.2, 0.25) is 0 Å². The van der Waals surface area contributed by atoms with Crippen LogP contribution in [0.1, 0.15) is 6.92 Å². The fourth-order valence-corrected chi connectivity index (χ4v) is 3.41. The molecule has 0 spiro atoms. The number of piperazine rings is 1. The second-order valence-electron chi connectivity index (χ2n) is 5.60. The lowest BCUT2D eigenvalue weighted by Gasteiger charge is -2.37. The van der Waals surface area contributed by atoms with E-state index in [4.69, 9.17) is 0 Å². The molecule has 1 saturated heterocycles. The number of fused-ring (bicyclic) bond motifs is 1. The number of aromatic nitrogens is 1. The van der Waals surface area contributed by atoms with Crippen molar-refractivity contribution in [2.75, 3.05) is 37.6 Å². The summed E-state index contributed by atoms with van der Waals surface area (Å²) in [5.41, 5.74) is 2.26. The third-order valence-electron chi connectivity index (χ3n) is 3.93.